The second-order valence-corrected chi connectivity index (χ2v) is 26.6. The number of hydrogen-bond donors (Lipinski definition) is 0. The number of aryl methyl sites for hydroxylation is 1. The monoisotopic (exact) mass is 1500 g/mol. The second-order valence-electron chi connectivity index (χ2n) is 26.6. The molecular weight excluding hydrogens is 1370 g/mol. The van der Waals surface area contributed by atoms with Crippen molar-refractivity contribution >= 4 is 41.8 Å². The molecule has 7 aromatic carbocycles. The highest BCUT2D eigenvalue weighted by molar-refractivity contribution is 5.73. The summed E-state index contributed by atoms with van der Waals surface area (Å²) in [5, 5.41) is 0. The molecule has 598 valence electrons. The zero-order chi connectivity index (χ0) is 79.5. The summed E-state index contributed by atoms with van der Waals surface area (Å²) in [7, 11) is 0. The topological polar surface area (TPSA) is 184 Å². The van der Waals surface area contributed by atoms with Crippen LogP contribution in [0.15, 0.2) is 206 Å². The van der Waals surface area contributed by atoms with Crippen molar-refractivity contribution in [2.75, 3.05) is 19.8 Å². The van der Waals surface area contributed by atoms with Crippen LogP contribution in [0, 0.1) is 6.92 Å². The SMILES string of the molecule is CCC(=O)OCCc1ccccc1.CCCC(=O)OCc1ccccc1.CCCCCC(=O)OCCc1ccccc1.CCCCCC(=O)Oc1ccccc1.CCCCCCCC(=O)Oc1ccc(C)cc1.CCCCCCCC(=O)Oc1ccccc1.CCCCCCCCCC(=O)OCCc1ccccc1. The van der Waals surface area contributed by atoms with Crippen LogP contribution in [-0.4, -0.2) is 61.6 Å². The minimum absolute atomic E-state index is 0.0468. The molecule has 0 heterocycles. The average Bonchev–Trinajstić information content (AvgIpc) is 1.18. The van der Waals surface area contributed by atoms with Crippen molar-refractivity contribution < 1.29 is 66.7 Å². The summed E-state index contributed by atoms with van der Waals surface area (Å²) in [5.41, 5.74) is 5.84. The van der Waals surface area contributed by atoms with E-state index in [1.165, 1.54) is 92.9 Å². The van der Waals surface area contributed by atoms with Crippen LogP contribution in [0.5, 0.6) is 17.2 Å². The number of rotatable bonds is 45. The number of carbonyl (C=O) groups excluding carboxylic acids is 7. The third kappa shape index (κ3) is 62.4. The van der Waals surface area contributed by atoms with E-state index in [0.29, 0.717) is 88.6 Å². The van der Waals surface area contributed by atoms with Crippen LogP contribution in [0.4, 0.5) is 0 Å². The fraction of sp³-hybridized carbons (Fsp3) is 0.484. The fourth-order valence-electron chi connectivity index (χ4n) is 10.2. The molecule has 0 aliphatic carbocycles. The Kier molecular flexibility index (Phi) is 64.4. The summed E-state index contributed by atoms with van der Waals surface area (Å²) in [6, 6.07) is 65.9. The molecule has 7 aromatic rings. The van der Waals surface area contributed by atoms with Crippen molar-refractivity contribution in [1.29, 1.82) is 0 Å². The summed E-state index contributed by atoms with van der Waals surface area (Å²) in [5.74, 6) is 1.18. The Labute approximate surface area is 656 Å². The van der Waals surface area contributed by atoms with E-state index in [1.54, 1.807) is 31.2 Å². The number of carbonyl (C=O) groups is 7. The first-order chi connectivity index (χ1) is 53.2. The zero-order valence-electron chi connectivity index (χ0n) is 67.7. The maximum atomic E-state index is 11.5. The van der Waals surface area contributed by atoms with Gasteiger partial charge >= 0.3 is 41.8 Å². The predicted molar refractivity (Wildman–Crippen MR) is 443 cm³/mol. The van der Waals surface area contributed by atoms with E-state index in [0.717, 1.165) is 108 Å². The van der Waals surface area contributed by atoms with E-state index in [9.17, 15) is 33.6 Å². The van der Waals surface area contributed by atoms with Crippen molar-refractivity contribution in [3.63, 3.8) is 0 Å². The first kappa shape index (κ1) is 97.8. The van der Waals surface area contributed by atoms with Gasteiger partial charge in [-0.15, -0.1) is 0 Å². The maximum absolute atomic E-state index is 11.5. The number of esters is 7. The second kappa shape index (κ2) is 71.7. The van der Waals surface area contributed by atoms with Gasteiger partial charge in [0.15, 0.2) is 0 Å². The smallest absolute Gasteiger partial charge is 0.311 e. The molecule has 0 aliphatic heterocycles. The third-order valence-electron chi connectivity index (χ3n) is 16.6. The minimum Gasteiger partial charge on any atom is -0.465 e. The Morgan fingerprint density at radius 1 is 0.229 bits per heavy atom. The summed E-state index contributed by atoms with van der Waals surface area (Å²) < 4.78 is 35.9. The quantitative estimate of drug-likeness (QED) is 0.0152. The number of para-hydroxylation sites is 2. The third-order valence-corrected chi connectivity index (χ3v) is 16.6. The molecule has 0 amide bonds. The van der Waals surface area contributed by atoms with Crippen LogP contribution in [0.1, 0.15) is 275 Å². The summed E-state index contributed by atoms with van der Waals surface area (Å²) in [4.78, 5) is 78.8. The van der Waals surface area contributed by atoms with E-state index in [1.807, 2.05) is 184 Å². The number of ether oxygens (including phenoxy) is 7. The molecule has 7 rings (SSSR count). The lowest BCUT2D eigenvalue weighted by molar-refractivity contribution is -0.145. The summed E-state index contributed by atoms with van der Waals surface area (Å²) >= 11 is 0. The van der Waals surface area contributed by atoms with E-state index in [-0.39, 0.29) is 41.8 Å². The lowest BCUT2D eigenvalue weighted by Gasteiger charge is -2.05. The number of unbranched alkanes of at least 4 members (excludes halogenated alkanes) is 18. The lowest BCUT2D eigenvalue weighted by atomic mass is 10.1. The molecule has 0 bridgehead atoms. The van der Waals surface area contributed by atoms with Crippen molar-refractivity contribution in [2.24, 2.45) is 0 Å². The van der Waals surface area contributed by atoms with Crippen molar-refractivity contribution in [3.05, 3.63) is 234 Å². The molecular formula is C95H134O14. The van der Waals surface area contributed by atoms with Crippen LogP contribution in [0.3, 0.4) is 0 Å². The highest BCUT2D eigenvalue weighted by Crippen LogP contribution is 2.17. The predicted octanol–water partition coefficient (Wildman–Crippen LogP) is 24.4. The van der Waals surface area contributed by atoms with E-state index >= 15 is 0 Å². The molecule has 0 N–H and O–H groups in total. The Morgan fingerprint density at radius 2 is 0.477 bits per heavy atom. The van der Waals surface area contributed by atoms with Gasteiger partial charge in [0.1, 0.15) is 23.9 Å². The first-order valence-electron chi connectivity index (χ1n) is 40.7. The van der Waals surface area contributed by atoms with Crippen LogP contribution < -0.4 is 14.2 Å². The first-order valence-corrected chi connectivity index (χ1v) is 40.7. The Hall–Kier alpha value is -9.17. The molecule has 0 radical (unpaired) electrons. The van der Waals surface area contributed by atoms with E-state index < -0.39 is 0 Å². The molecule has 0 aromatic heterocycles. The highest BCUT2D eigenvalue weighted by Gasteiger charge is 2.09. The molecule has 109 heavy (non-hydrogen) atoms. The summed E-state index contributed by atoms with van der Waals surface area (Å²) in [6.45, 7) is 18.5. The van der Waals surface area contributed by atoms with Gasteiger partial charge in [-0.2, -0.15) is 0 Å². The van der Waals surface area contributed by atoms with E-state index in [4.69, 9.17) is 33.2 Å². The highest BCUT2D eigenvalue weighted by atomic mass is 16.6. The van der Waals surface area contributed by atoms with Gasteiger partial charge in [0.25, 0.3) is 0 Å². The molecule has 0 unspecified atom stereocenters. The van der Waals surface area contributed by atoms with Crippen LogP contribution in [-0.2, 0) is 78.4 Å². The molecule has 0 saturated heterocycles. The molecule has 0 saturated carbocycles. The summed E-state index contributed by atoms with van der Waals surface area (Å²) in [6.07, 6.45) is 33.4. The minimum atomic E-state index is -0.135. The Balaban J connectivity index is 0.000000639. The van der Waals surface area contributed by atoms with Crippen molar-refractivity contribution in [3.8, 4) is 17.2 Å². The molecule has 14 nitrogen and oxygen atoms in total. The van der Waals surface area contributed by atoms with Gasteiger partial charge in [-0.1, -0.05) is 339 Å². The van der Waals surface area contributed by atoms with Gasteiger partial charge < -0.3 is 33.2 Å². The van der Waals surface area contributed by atoms with Gasteiger partial charge in [-0.05, 0) is 104 Å². The van der Waals surface area contributed by atoms with E-state index in [2.05, 4.69) is 46.8 Å². The standard InChI is InChI=1S/C18H28O2.C15H22O2.2C14H20O2.C12H16O2.2C11H14O2/c1-2-3-4-5-6-7-11-14-18(19)20-16-15-17-12-9-8-10-13-17;1-3-4-5-6-7-8-15(16)17-14-11-9-13(2)10-12-14;1-2-3-5-10-14(15)16-12-11-13-8-6-4-7-9-13;1-2-3-4-5-9-12-14(15)16-13-10-7-6-8-11-13;1-2-3-5-10-12(13)14-11-8-6-4-7-9-11;1-2-11(12)13-9-8-10-6-4-3-5-7-10;1-2-6-11(12)13-9-10-7-4-3-5-8-10/h8-10,12-13H,2-7,11,14-16H2,1H3;9-12H,3-8H2,1-2H3;4,6-9H,2-3,5,10-12H2,1H3;6-8,10-11H,2-5,9,12H2,1H3;4,6-9H,2-3,5,10H2,1H3;3-7H,2,8-9H2,1H3;3-5,7-8H,2,6,9H2,1H3. The maximum Gasteiger partial charge on any atom is 0.311 e. The van der Waals surface area contributed by atoms with Gasteiger partial charge in [0.05, 0.1) is 19.8 Å². The number of hydrogen-bond acceptors (Lipinski definition) is 14. The molecule has 0 spiro atoms. The Bertz CT molecular complexity index is 3270. The molecule has 0 fully saturated rings. The molecule has 14 heteroatoms. The van der Waals surface area contributed by atoms with Crippen LogP contribution in [0.2, 0.25) is 0 Å². The van der Waals surface area contributed by atoms with Crippen LogP contribution in [0.25, 0.3) is 0 Å². The normalized spacial score (nSPS) is 10.0. The molecule has 0 aliphatic rings. The van der Waals surface area contributed by atoms with Gasteiger partial charge in [-0.3, -0.25) is 33.6 Å². The average molecular weight is 1500 g/mol. The number of benzene rings is 7. The lowest BCUT2D eigenvalue weighted by Crippen LogP contribution is -2.07. The zero-order valence-corrected chi connectivity index (χ0v) is 67.7. The van der Waals surface area contributed by atoms with Gasteiger partial charge in [0, 0.05) is 64.2 Å². The fourth-order valence-corrected chi connectivity index (χ4v) is 10.2. The van der Waals surface area contributed by atoms with Gasteiger partial charge in [-0.25, -0.2) is 0 Å². The van der Waals surface area contributed by atoms with Crippen molar-refractivity contribution in [2.45, 2.75) is 280 Å². The van der Waals surface area contributed by atoms with Gasteiger partial charge in [0.2, 0.25) is 0 Å². The molecule has 0 atom stereocenters. The largest absolute Gasteiger partial charge is 0.465 e. The van der Waals surface area contributed by atoms with Crippen molar-refractivity contribution in [1.82, 2.24) is 0 Å². The Morgan fingerprint density at radius 3 is 0.789 bits per heavy atom. The van der Waals surface area contributed by atoms with Crippen LogP contribution >= 0.6 is 0 Å².